The molecule has 2 rings (SSSR count). The van der Waals surface area contributed by atoms with Gasteiger partial charge in [0.1, 0.15) is 5.75 Å². The second-order valence-corrected chi connectivity index (χ2v) is 3.61. The number of nitrogens with one attached hydrogen (secondary N) is 1. The molecule has 3 amide bonds. The van der Waals surface area contributed by atoms with Gasteiger partial charge in [-0.25, -0.2) is 0 Å². The maximum atomic E-state index is 11.7. The number of hydrogen-bond donors (Lipinski definition) is 2. The minimum atomic E-state index is -0.607. The number of carbonyl (C=O) groups is 3. The zero-order valence-electron chi connectivity index (χ0n) is 8.84. The summed E-state index contributed by atoms with van der Waals surface area (Å²) >= 11 is 0. The molecule has 1 heterocycles. The Morgan fingerprint density at radius 3 is 2.47 bits per heavy atom. The van der Waals surface area contributed by atoms with Crippen LogP contribution in [-0.4, -0.2) is 27.8 Å². The fourth-order valence-electron chi connectivity index (χ4n) is 1.51. The summed E-state index contributed by atoms with van der Waals surface area (Å²) < 4.78 is 0. The summed E-state index contributed by atoms with van der Waals surface area (Å²) in [6.45, 7) is 0. The summed E-state index contributed by atoms with van der Waals surface area (Å²) in [6.07, 6.45) is 0.221. The molecular formula is C11H10N2O4. The van der Waals surface area contributed by atoms with Crippen molar-refractivity contribution in [3.05, 3.63) is 29.8 Å². The Morgan fingerprint density at radius 1 is 1.24 bits per heavy atom. The fraction of sp³-hybridized carbons (Fsp3) is 0.182. The minimum absolute atomic E-state index is 0.0586. The highest BCUT2D eigenvalue weighted by Crippen LogP contribution is 2.13. The number of carbonyl (C=O) groups excluding carboxylic acids is 3. The van der Waals surface area contributed by atoms with Gasteiger partial charge in [-0.2, -0.15) is 5.01 Å². The Bertz CT molecular complexity index is 482. The average molecular weight is 234 g/mol. The van der Waals surface area contributed by atoms with Crippen LogP contribution in [0.15, 0.2) is 24.3 Å². The van der Waals surface area contributed by atoms with Crippen LogP contribution in [0, 0.1) is 0 Å². The van der Waals surface area contributed by atoms with Crippen LogP contribution in [0.4, 0.5) is 0 Å². The fourth-order valence-corrected chi connectivity index (χ4v) is 1.51. The van der Waals surface area contributed by atoms with Gasteiger partial charge in [-0.15, -0.1) is 0 Å². The van der Waals surface area contributed by atoms with Crippen molar-refractivity contribution in [1.82, 2.24) is 10.4 Å². The lowest BCUT2D eigenvalue weighted by atomic mass is 10.2. The van der Waals surface area contributed by atoms with E-state index in [2.05, 4.69) is 5.43 Å². The molecule has 88 valence electrons. The van der Waals surface area contributed by atoms with Crippen molar-refractivity contribution >= 4 is 17.7 Å². The summed E-state index contributed by atoms with van der Waals surface area (Å²) in [5.41, 5.74) is 2.38. The third kappa shape index (κ3) is 2.25. The number of hydrogen-bond acceptors (Lipinski definition) is 4. The molecule has 0 radical (unpaired) electrons. The second kappa shape index (κ2) is 4.25. The summed E-state index contributed by atoms with van der Waals surface area (Å²) in [7, 11) is 0. The van der Waals surface area contributed by atoms with Crippen LogP contribution in [-0.2, 0) is 9.59 Å². The monoisotopic (exact) mass is 234 g/mol. The Morgan fingerprint density at radius 2 is 1.88 bits per heavy atom. The minimum Gasteiger partial charge on any atom is -0.508 e. The van der Waals surface area contributed by atoms with Gasteiger partial charge in [0.05, 0.1) is 0 Å². The molecule has 6 nitrogen and oxygen atoms in total. The second-order valence-electron chi connectivity index (χ2n) is 3.61. The summed E-state index contributed by atoms with van der Waals surface area (Å²) in [4.78, 5) is 34.2. The van der Waals surface area contributed by atoms with Crippen molar-refractivity contribution in [3.8, 4) is 5.75 Å². The third-order valence-electron chi connectivity index (χ3n) is 2.37. The first-order valence-corrected chi connectivity index (χ1v) is 5.04. The largest absolute Gasteiger partial charge is 0.508 e. The van der Waals surface area contributed by atoms with Gasteiger partial charge in [0.2, 0.25) is 11.8 Å². The van der Waals surface area contributed by atoms with Crippen molar-refractivity contribution in [2.75, 3.05) is 0 Å². The number of amides is 3. The van der Waals surface area contributed by atoms with E-state index in [1.807, 2.05) is 0 Å². The van der Waals surface area contributed by atoms with Crippen LogP contribution < -0.4 is 5.43 Å². The van der Waals surface area contributed by atoms with Crippen LogP contribution in [0.3, 0.4) is 0 Å². The maximum Gasteiger partial charge on any atom is 0.270 e. The molecule has 0 unspecified atom stereocenters. The molecule has 1 aliphatic heterocycles. The molecule has 1 saturated heterocycles. The molecule has 2 N–H and O–H groups in total. The maximum absolute atomic E-state index is 11.7. The highest BCUT2D eigenvalue weighted by Gasteiger charge is 2.30. The van der Waals surface area contributed by atoms with Crippen LogP contribution in [0.5, 0.6) is 5.75 Å². The van der Waals surface area contributed by atoms with Crippen LogP contribution in [0.25, 0.3) is 0 Å². The Balaban J connectivity index is 2.12. The highest BCUT2D eigenvalue weighted by atomic mass is 16.3. The molecule has 1 fully saturated rings. The molecule has 1 aliphatic rings. The standard InChI is InChI=1S/C11H10N2O4/c14-8-3-1-2-7(6-8)11(17)12-13-9(15)4-5-10(13)16/h1-3,6,14H,4-5H2,(H,12,17). The van der Waals surface area contributed by atoms with Crippen LogP contribution in [0.1, 0.15) is 23.2 Å². The van der Waals surface area contributed by atoms with Crippen molar-refractivity contribution < 1.29 is 19.5 Å². The van der Waals surface area contributed by atoms with E-state index < -0.39 is 17.7 Å². The smallest absolute Gasteiger partial charge is 0.270 e. The lowest BCUT2D eigenvalue weighted by Crippen LogP contribution is -2.45. The average Bonchev–Trinajstić information content (AvgIpc) is 2.61. The quantitative estimate of drug-likeness (QED) is 0.715. The summed E-state index contributed by atoms with van der Waals surface area (Å²) in [6, 6.07) is 5.64. The van der Waals surface area contributed by atoms with Gasteiger partial charge in [0.15, 0.2) is 0 Å². The SMILES string of the molecule is O=C(NN1C(=O)CCC1=O)c1cccc(O)c1. The zero-order valence-corrected chi connectivity index (χ0v) is 8.84. The lowest BCUT2D eigenvalue weighted by Gasteiger charge is -2.14. The molecule has 6 heteroatoms. The molecule has 1 aromatic carbocycles. The number of rotatable bonds is 2. The van der Waals surface area contributed by atoms with E-state index in [1.165, 1.54) is 24.3 Å². The van der Waals surface area contributed by atoms with E-state index >= 15 is 0 Å². The molecule has 1 aromatic rings. The van der Waals surface area contributed by atoms with E-state index in [4.69, 9.17) is 0 Å². The summed E-state index contributed by atoms with van der Waals surface area (Å²) in [5, 5.41) is 9.91. The number of hydrazine groups is 1. The number of phenols is 1. The molecule has 0 atom stereocenters. The molecule has 0 spiro atoms. The van der Waals surface area contributed by atoms with Gasteiger partial charge in [0.25, 0.3) is 5.91 Å². The number of nitrogens with zero attached hydrogens (tertiary/aromatic N) is 1. The van der Waals surface area contributed by atoms with Crippen LogP contribution in [0.2, 0.25) is 0 Å². The predicted octanol–water partition coefficient (Wildman–Crippen LogP) is 0.186. The Labute approximate surface area is 96.8 Å². The van der Waals surface area contributed by atoms with Gasteiger partial charge in [-0.3, -0.25) is 19.8 Å². The third-order valence-corrected chi connectivity index (χ3v) is 2.37. The Kier molecular flexibility index (Phi) is 2.78. The lowest BCUT2D eigenvalue weighted by molar-refractivity contribution is -0.141. The highest BCUT2D eigenvalue weighted by molar-refractivity contribution is 6.05. The Hall–Kier alpha value is -2.37. The molecular weight excluding hydrogens is 224 g/mol. The van der Waals surface area contributed by atoms with Gasteiger partial charge < -0.3 is 5.11 Å². The topological polar surface area (TPSA) is 86.7 Å². The van der Waals surface area contributed by atoms with E-state index in [-0.39, 0.29) is 24.2 Å². The van der Waals surface area contributed by atoms with E-state index in [0.29, 0.717) is 5.01 Å². The van der Waals surface area contributed by atoms with Gasteiger partial charge in [-0.05, 0) is 18.2 Å². The van der Waals surface area contributed by atoms with Gasteiger partial charge >= 0.3 is 0 Å². The first-order valence-electron chi connectivity index (χ1n) is 5.04. The van der Waals surface area contributed by atoms with E-state index in [0.717, 1.165) is 0 Å². The molecule has 0 aliphatic carbocycles. The zero-order chi connectivity index (χ0) is 12.4. The molecule has 0 saturated carbocycles. The predicted molar refractivity (Wildman–Crippen MR) is 56.7 cm³/mol. The molecule has 17 heavy (non-hydrogen) atoms. The number of benzene rings is 1. The first kappa shape index (κ1) is 11.1. The first-order chi connectivity index (χ1) is 8.08. The number of imide groups is 1. The van der Waals surface area contributed by atoms with Crippen molar-refractivity contribution in [2.24, 2.45) is 0 Å². The van der Waals surface area contributed by atoms with Crippen molar-refractivity contribution in [3.63, 3.8) is 0 Å². The van der Waals surface area contributed by atoms with Crippen molar-refractivity contribution in [1.29, 1.82) is 0 Å². The van der Waals surface area contributed by atoms with E-state index in [1.54, 1.807) is 0 Å². The summed E-state index contributed by atoms with van der Waals surface area (Å²) in [5.74, 6) is -1.52. The van der Waals surface area contributed by atoms with Crippen molar-refractivity contribution in [2.45, 2.75) is 12.8 Å². The van der Waals surface area contributed by atoms with Crippen LogP contribution >= 0.6 is 0 Å². The number of phenolic OH excluding ortho intramolecular Hbond substituents is 1. The normalized spacial score (nSPS) is 15.2. The van der Waals surface area contributed by atoms with E-state index in [9.17, 15) is 19.5 Å². The van der Waals surface area contributed by atoms with Gasteiger partial charge in [-0.1, -0.05) is 6.07 Å². The van der Waals surface area contributed by atoms with Gasteiger partial charge in [0, 0.05) is 18.4 Å². The molecule has 0 bridgehead atoms. The number of aromatic hydroxyl groups is 1. The molecule has 0 aromatic heterocycles.